The third-order valence-corrected chi connectivity index (χ3v) is 1.85. The topological polar surface area (TPSA) is 100 Å². The lowest BCUT2D eigenvalue weighted by Gasteiger charge is -2.09. The summed E-state index contributed by atoms with van der Waals surface area (Å²) in [7, 11) is 0. The van der Waals surface area contributed by atoms with Gasteiger partial charge in [-0.05, 0) is 6.92 Å². The molecule has 8 nitrogen and oxygen atoms in total. The number of carbonyl (C=O) groups is 3. The lowest BCUT2D eigenvalue weighted by Crippen LogP contribution is -2.34. The highest BCUT2D eigenvalue weighted by atomic mass is 16.8. The van der Waals surface area contributed by atoms with Crippen molar-refractivity contribution in [1.29, 1.82) is 0 Å². The molecule has 0 aromatic rings. The average Bonchev–Trinajstić information content (AvgIpc) is 2.72. The monoisotopic (exact) mass is 259 g/mol. The van der Waals surface area contributed by atoms with E-state index in [1.54, 1.807) is 0 Å². The van der Waals surface area contributed by atoms with Crippen molar-refractivity contribution < 1.29 is 33.3 Å². The number of esters is 1. The van der Waals surface area contributed by atoms with Gasteiger partial charge in [0.2, 0.25) is 6.79 Å². The van der Waals surface area contributed by atoms with Gasteiger partial charge >= 0.3 is 18.2 Å². The van der Waals surface area contributed by atoms with Crippen molar-refractivity contribution in [1.82, 2.24) is 5.32 Å². The van der Waals surface area contributed by atoms with Crippen LogP contribution in [0.25, 0.3) is 0 Å². The first-order chi connectivity index (χ1) is 8.49. The molecule has 0 aromatic heterocycles. The van der Waals surface area contributed by atoms with Gasteiger partial charge in [0.15, 0.2) is 6.10 Å². The van der Waals surface area contributed by atoms with Crippen molar-refractivity contribution in [3.8, 4) is 0 Å². The Hall–Kier alpha value is -2.25. The van der Waals surface area contributed by atoms with Gasteiger partial charge in [0.05, 0.1) is 6.54 Å². The Kier molecular flexibility index (Phi) is 4.97. The van der Waals surface area contributed by atoms with Gasteiger partial charge in [-0.2, -0.15) is 0 Å². The van der Waals surface area contributed by atoms with Gasteiger partial charge in [0, 0.05) is 5.57 Å². The second-order valence-corrected chi connectivity index (χ2v) is 3.44. The maximum atomic E-state index is 11.1. The van der Waals surface area contributed by atoms with E-state index >= 15 is 0 Å². The number of ether oxygens (including phenoxy) is 4. The minimum atomic E-state index is -0.799. The maximum Gasteiger partial charge on any atom is 0.508 e. The fourth-order valence-electron chi connectivity index (χ4n) is 0.974. The predicted molar refractivity (Wildman–Crippen MR) is 56.5 cm³/mol. The van der Waals surface area contributed by atoms with E-state index in [-0.39, 0.29) is 18.7 Å². The Morgan fingerprint density at radius 2 is 2.22 bits per heavy atom. The van der Waals surface area contributed by atoms with Crippen LogP contribution >= 0.6 is 0 Å². The Morgan fingerprint density at radius 1 is 1.50 bits per heavy atom. The quantitative estimate of drug-likeness (QED) is 0.431. The van der Waals surface area contributed by atoms with E-state index in [9.17, 15) is 14.4 Å². The largest absolute Gasteiger partial charge is 0.508 e. The number of carbonyl (C=O) groups excluding carboxylic acids is 3. The molecule has 0 spiro atoms. The number of cyclic esters (lactones) is 2. The van der Waals surface area contributed by atoms with E-state index in [1.165, 1.54) is 6.92 Å². The molecule has 0 radical (unpaired) electrons. The first-order valence-electron chi connectivity index (χ1n) is 5.05. The molecule has 0 saturated carbocycles. The van der Waals surface area contributed by atoms with Crippen LogP contribution in [0.5, 0.6) is 0 Å². The zero-order chi connectivity index (χ0) is 13.5. The fourth-order valence-corrected chi connectivity index (χ4v) is 0.974. The first-order valence-corrected chi connectivity index (χ1v) is 5.05. The molecule has 1 amide bonds. The molecule has 1 saturated heterocycles. The van der Waals surface area contributed by atoms with Crippen LogP contribution in [0, 0.1) is 0 Å². The summed E-state index contributed by atoms with van der Waals surface area (Å²) in [6, 6.07) is 0. The van der Waals surface area contributed by atoms with Crippen LogP contribution in [0.2, 0.25) is 0 Å². The van der Waals surface area contributed by atoms with Crippen molar-refractivity contribution in [2.45, 2.75) is 13.0 Å². The molecule has 0 bridgehead atoms. The molecule has 1 rings (SSSR count). The summed E-state index contributed by atoms with van der Waals surface area (Å²) in [5.74, 6) is -0.652. The van der Waals surface area contributed by atoms with Crippen molar-refractivity contribution in [3.05, 3.63) is 12.2 Å². The molecule has 1 fully saturated rings. The minimum absolute atomic E-state index is 0.0546. The molecular weight excluding hydrogens is 246 g/mol. The Bertz CT molecular complexity index is 365. The lowest BCUT2D eigenvalue weighted by atomic mass is 10.4. The van der Waals surface area contributed by atoms with E-state index < -0.39 is 31.1 Å². The van der Waals surface area contributed by atoms with Gasteiger partial charge in [-0.15, -0.1) is 0 Å². The van der Waals surface area contributed by atoms with E-state index in [0.717, 1.165) is 0 Å². The third-order valence-electron chi connectivity index (χ3n) is 1.85. The van der Waals surface area contributed by atoms with Gasteiger partial charge in [0.25, 0.3) is 0 Å². The summed E-state index contributed by atoms with van der Waals surface area (Å²) in [4.78, 5) is 32.6. The first kappa shape index (κ1) is 13.8. The van der Waals surface area contributed by atoms with Crippen molar-refractivity contribution in [3.63, 3.8) is 0 Å². The number of hydrogen-bond donors (Lipinski definition) is 1. The van der Waals surface area contributed by atoms with E-state index in [0.29, 0.717) is 0 Å². The van der Waals surface area contributed by atoms with Crippen LogP contribution < -0.4 is 5.32 Å². The highest BCUT2D eigenvalue weighted by Gasteiger charge is 2.25. The number of rotatable bonds is 5. The highest BCUT2D eigenvalue weighted by molar-refractivity contribution is 5.86. The van der Waals surface area contributed by atoms with Gasteiger partial charge in [0.1, 0.15) is 6.61 Å². The number of alkyl carbamates (subject to hydrolysis) is 1. The van der Waals surface area contributed by atoms with Gasteiger partial charge < -0.3 is 24.3 Å². The number of nitrogens with one attached hydrogen (secondary N) is 1. The highest BCUT2D eigenvalue weighted by Crippen LogP contribution is 2.04. The summed E-state index contributed by atoms with van der Waals surface area (Å²) in [5.41, 5.74) is 0.203. The molecule has 8 heteroatoms. The van der Waals surface area contributed by atoms with Crippen LogP contribution in [0.1, 0.15) is 6.92 Å². The molecular formula is C10H13NO7. The van der Waals surface area contributed by atoms with Crippen LogP contribution in [0.4, 0.5) is 9.59 Å². The molecule has 1 aliphatic heterocycles. The Balaban J connectivity index is 2.09. The SMILES string of the molecule is C=C(C)C(=O)OCOC(=O)NCC1COC(=O)O1. The normalized spacial score (nSPS) is 17.4. The molecule has 100 valence electrons. The molecule has 0 aromatic carbocycles. The zero-order valence-corrected chi connectivity index (χ0v) is 9.76. The summed E-state index contributed by atoms with van der Waals surface area (Å²) in [5, 5.41) is 2.32. The van der Waals surface area contributed by atoms with Crippen molar-refractivity contribution >= 4 is 18.2 Å². The number of hydrogen-bond acceptors (Lipinski definition) is 7. The molecule has 18 heavy (non-hydrogen) atoms. The predicted octanol–water partition coefficient (Wildman–Crippen LogP) is 0.325. The Labute approximate surface area is 103 Å². The zero-order valence-electron chi connectivity index (χ0n) is 9.76. The standard InChI is InChI=1S/C10H13NO7/c1-6(2)8(12)16-5-17-9(13)11-3-7-4-15-10(14)18-7/h7H,1,3-5H2,2H3,(H,11,13). The van der Waals surface area contributed by atoms with Crippen LogP contribution in [0.15, 0.2) is 12.2 Å². The van der Waals surface area contributed by atoms with E-state index in [2.05, 4.69) is 30.8 Å². The Morgan fingerprint density at radius 3 is 2.78 bits per heavy atom. The molecule has 1 atom stereocenters. The van der Waals surface area contributed by atoms with Crippen LogP contribution in [0.3, 0.4) is 0 Å². The smallest absolute Gasteiger partial charge is 0.430 e. The molecule has 1 N–H and O–H groups in total. The summed E-state index contributed by atoms with van der Waals surface area (Å²) in [6.45, 7) is 4.44. The van der Waals surface area contributed by atoms with Crippen molar-refractivity contribution in [2.75, 3.05) is 19.9 Å². The van der Waals surface area contributed by atoms with E-state index in [1.807, 2.05) is 0 Å². The van der Waals surface area contributed by atoms with Crippen LogP contribution in [-0.4, -0.2) is 44.3 Å². The second kappa shape index (κ2) is 6.48. The van der Waals surface area contributed by atoms with Gasteiger partial charge in [-0.1, -0.05) is 6.58 Å². The summed E-state index contributed by atoms with van der Waals surface area (Å²) < 4.78 is 18.2. The number of amides is 1. The molecule has 1 unspecified atom stereocenters. The van der Waals surface area contributed by atoms with Gasteiger partial charge in [-0.25, -0.2) is 14.4 Å². The lowest BCUT2D eigenvalue weighted by molar-refractivity contribution is -0.146. The maximum absolute atomic E-state index is 11.1. The van der Waals surface area contributed by atoms with E-state index in [4.69, 9.17) is 0 Å². The summed E-state index contributed by atoms with van der Waals surface area (Å²) in [6.07, 6.45) is -2.11. The fraction of sp³-hybridized carbons (Fsp3) is 0.500. The van der Waals surface area contributed by atoms with Gasteiger partial charge in [-0.3, -0.25) is 0 Å². The second-order valence-electron chi connectivity index (χ2n) is 3.44. The average molecular weight is 259 g/mol. The molecule has 1 aliphatic rings. The minimum Gasteiger partial charge on any atom is -0.430 e. The third kappa shape index (κ3) is 4.73. The summed E-state index contributed by atoms with van der Waals surface area (Å²) >= 11 is 0. The van der Waals surface area contributed by atoms with Crippen molar-refractivity contribution in [2.24, 2.45) is 0 Å². The molecule has 1 heterocycles. The molecule has 0 aliphatic carbocycles. The van der Waals surface area contributed by atoms with Crippen LogP contribution in [-0.2, 0) is 23.7 Å².